The zero-order chi connectivity index (χ0) is 16.8. The Kier molecular flexibility index (Phi) is 3.38. The normalized spacial score (nSPS) is 14.6. The molecular weight excluding hydrogens is 332 g/mol. The molecule has 0 bridgehead atoms. The van der Waals surface area contributed by atoms with Crippen LogP contribution in [0.15, 0.2) is 35.1 Å². The third kappa shape index (κ3) is 2.28. The lowest BCUT2D eigenvalue weighted by Crippen LogP contribution is -2.07. The van der Waals surface area contributed by atoms with E-state index in [1.165, 1.54) is 47.4 Å². The van der Waals surface area contributed by atoms with E-state index in [1.54, 1.807) is 0 Å². The van der Waals surface area contributed by atoms with E-state index in [9.17, 15) is 4.79 Å². The second-order valence-corrected chi connectivity index (χ2v) is 7.44. The topological polar surface area (TPSA) is 71.5 Å². The number of fused-ring (bicyclic) bond motifs is 4. The van der Waals surface area contributed by atoms with E-state index in [-0.39, 0.29) is 5.56 Å². The number of aryl methyl sites for hydroxylation is 1. The third-order valence-electron chi connectivity index (χ3n) is 4.91. The lowest BCUT2D eigenvalue weighted by molar-refractivity contribution is 0.709. The smallest absolute Gasteiger partial charge is 0.266 e. The molecule has 5 nitrogen and oxygen atoms in total. The molecule has 3 heterocycles. The standard InChI is InChI=1S/C19H16N4OS/c24-18-17-16(21-23-22-18)15-14(11-7-3-1-4-8-11)12-9-5-2-6-10-13(12)20-19(15)25-17/h1,3-4,7-8H,2,5-6,9-10H2,(H,21,22,24). The second-order valence-electron chi connectivity index (χ2n) is 6.44. The summed E-state index contributed by atoms with van der Waals surface area (Å²) in [7, 11) is 0. The molecule has 1 aliphatic carbocycles. The first-order chi connectivity index (χ1) is 12.3. The van der Waals surface area contributed by atoms with Crippen molar-refractivity contribution < 1.29 is 0 Å². The number of rotatable bonds is 1. The average molecular weight is 348 g/mol. The Morgan fingerprint density at radius 1 is 1.04 bits per heavy atom. The van der Waals surface area contributed by atoms with Crippen molar-refractivity contribution in [2.45, 2.75) is 32.1 Å². The lowest BCUT2D eigenvalue weighted by Gasteiger charge is -2.14. The Hall–Kier alpha value is -2.60. The summed E-state index contributed by atoms with van der Waals surface area (Å²) >= 11 is 1.42. The maximum Gasteiger partial charge on any atom is 0.285 e. The number of hydrogen-bond acceptors (Lipinski definition) is 5. The van der Waals surface area contributed by atoms with E-state index in [2.05, 4.69) is 39.7 Å². The average Bonchev–Trinajstić information content (AvgIpc) is 2.85. The number of nitrogens with zero attached hydrogens (tertiary/aromatic N) is 3. The zero-order valence-electron chi connectivity index (χ0n) is 13.6. The fourth-order valence-electron chi connectivity index (χ4n) is 3.79. The Balaban J connectivity index is 1.99. The van der Waals surface area contributed by atoms with Crippen LogP contribution in [0.25, 0.3) is 31.6 Å². The minimum Gasteiger partial charge on any atom is -0.266 e. The molecule has 1 N–H and O–H groups in total. The van der Waals surface area contributed by atoms with Gasteiger partial charge in [-0.05, 0) is 42.4 Å². The molecule has 1 aliphatic rings. The van der Waals surface area contributed by atoms with Gasteiger partial charge in [-0.25, -0.2) is 10.1 Å². The molecule has 0 spiro atoms. The Morgan fingerprint density at radius 3 is 2.76 bits per heavy atom. The van der Waals surface area contributed by atoms with Crippen molar-refractivity contribution in [3.63, 3.8) is 0 Å². The summed E-state index contributed by atoms with van der Waals surface area (Å²) in [5.41, 5.74) is 5.32. The highest BCUT2D eigenvalue weighted by molar-refractivity contribution is 7.25. The van der Waals surface area contributed by atoms with Crippen molar-refractivity contribution in [2.24, 2.45) is 0 Å². The number of aromatic amines is 1. The molecule has 124 valence electrons. The summed E-state index contributed by atoms with van der Waals surface area (Å²) in [5.74, 6) is 0. The summed E-state index contributed by atoms with van der Waals surface area (Å²) < 4.78 is 0.606. The number of thiophene rings is 1. The minimum absolute atomic E-state index is 0.192. The third-order valence-corrected chi connectivity index (χ3v) is 5.98. The Morgan fingerprint density at radius 2 is 1.88 bits per heavy atom. The molecule has 0 unspecified atom stereocenters. The van der Waals surface area contributed by atoms with Gasteiger partial charge in [-0.3, -0.25) is 4.79 Å². The first-order valence-corrected chi connectivity index (χ1v) is 9.39. The predicted octanol–water partition coefficient (Wildman–Crippen LogP) is 3.86. The van der Waals surface area contributed by atoms with Crippen molar-refractivity contribution in [1.29, 1.82) is 0 Å². The summed E-state index contributed by atoms with van der Waals surface area (Å²) in [5, 5.41) is 11.5. The first-order valence-electron chi connectivity index (χ1n) is 8.57. The summed E-state index contributed by atoms with van der Waals surface area (Å²) in [6.45, 7) is 0. The molecule has 25 heavy (non-hydrogen) atoms. The maximum atomic E-state index is 12.2. The predicted molar refractivity (Wildman–Crippen MR) is 100 cm³/mol. The number of benzene rings is 1. The van der Waals surface area contributed by atoms with Gasteiger partial charge in [0.1, 0.15) is 15.0 Å². The van der Waals surface area contributed by atoms with Crippen LogP contribution in [0.1, 0.15) is 30.5 Å². The first kappa shape index (κ1) is 14.7. The van der Waals surface area contributed by atoms with Gasteiger partial charge in [-0.2, -0.15) is 0 Å². The van der Waals surface area contributed by atoms with Gasteiger partial charge in [0.05, 0.1) is 0 Å². The lowest BCUT2D eigenvalue weighted by atomic mass is 9.93. The second kappa shape index (κ2) is 5.74. The molecule has 4 aromatic rings. The molecule has 1 aromatic carbocycles. The molecule has 0 saturated heterocycles. The van der Waals surface area contributed by atoms with Crippen LogP contribution in [0.5, 0.6) is 0 Å². The van der Waals surface area contributed by atoms with Gasteiger partial charge in [-0.1, -0.05) is 42.0 Å². The van der Waals surface area contributed by atoms with Gasteiger partial charge >= 0.3 is 0 Å². The van der Waals surface area contributed by atoms with Crippen molar-refractivity contribution in [2.75, 3.05) is 0 Å². The molecular formula is C19H16N4OS. The van der Waals surface area contributed by atoms with Crippen molar-refractivity contribution in [1.82, 2.24) is 20.4 Å². The van der Waals surface area contributed by atoms with Gasteiger partial charge < -0.3 is 0 Å². The molecule has 5 rings (SSSR count). The molecule has 0 radical (unpaired) electrons. The van der Waals surface area contributed by atoms with E-state index >= 15 is 0 Å². The summed E-state index contributed by atoms with van der Waals surface area (Å²) in [4.78, 5) is 18.0. The minimum atomic E-state index is -0.192. The van der Waals surface area contributed by atoms with Gasteiger partial charge in [0.25, 0.3) is 5.56 Å². The van der Waals surface area contributed by atoms with E-state index in [1.807, 2.05) is 6.07 Å². The van der Waals surface area contributed by atoms with Crippen LogP contribution in [-0.4, -0.2) is 20.4 Å². The monoisotopic (exact) mass is 348 g/mol. The van der Waals surface area contributed by atoms with Crippen LogP contribution in [0.3, 0.4) is 0 Å². The van der Waals surface area contributed by atoms with Crippen LogP contribution in [0.4, 0.5) is 0 Å². The quantitative estimate of drug-likeness (QED) is 0.530. The maximum absolute atomic E-state index is 12.2. The molecule has 6 heteroatoms. The van der Waals surface area contributed by atoms with Crippen molar-refractivity contribution >= 4 is 31.8 Å². The summed E-state index contributed by atoms with van der Waals surface area (Å²) in [6, 6.07) is 10.4. The van der Waals surface area contributed by atoms with Gasteiger partial charge in [0, 0.05) is 11.1 Å². The van der Waals surface area contributed by atoms with E-state index in [0.717, 1.165) is 28.6 Å². The van der Waals surface area contributed by atoms with E-state index in [0.29, 0.717) is 10.2 Å². The highest BCUT2D eigenvalue weighted by Gasteiger charge is 2.23. The SMILES string of the molecule is O=c1[nH]nnc2c1sc1nc3c(c(-c4ccccc4)c12)CCCCC3. The van der Waals surface area contributed by atoms with Crippen LogP contribution < -0.4 is 5.56 Å². The summed E-state index contributed by atoms with van der Waals surface area (Å²) in [6.07, 6.45) is 5.61. The number of hydrogen-bond donors (Lipinski definition) is 1. The van der Waals surface area contributed by atoms with E-state index in [4.69, 9.17) is 4.98 Å². The zero-order valence-corrected chi connectivity index (χ0v) is 14.4. The fourth-order valence-corrected chi connectivity index (χ4v) is 4.82. The van der Waals surface area contributed by atoms with Crippen LogP contribution >= 0.6 is 11.3 Å². The molecule has 3 aromatic heterocycles. The fraction of sp³-hybridized carbons (Fsp3) is 0.263. The molecule has 0 fully saturated rings. The van der Waals surface area contributed by atoms with Gasteiger partial charge in [-0.15, -0.1) is 16.4 Å². The van der Waals surface area contributed by atoms with Crippen LogP contribution in [0.2, 0.25) is 0 Å². The van der Waals surface area contributed by atoms with Crippen LogP contribution in [-0.2, 0) is 12.8 Å². The molecule has 0 atom stereocenters. The highest BCUT2D eigenvalue weighted by atomic mass is 32.1. The van der Waals surface area contributed by atoms with Crippen LogP contribution in [0, 0.1) is 0 Å². The molecule has 0 aliphatic heterocycles. The van der Waals surface area contributed by atoms with Crippen molar-refractivity contribution in [3.05, 3.63) is 51.9 Å². The van der Waals surface area contributed by atoms with Crippen molar-refractivity contribution in [3.8, 4) is 11.1 Å². The molecule has 0 amide bonds. The number of H-pyrrole nitrogens is 1. The number of aromatic nitrogens is 4. The largest absolute Gasteiger partial charge is 0.285 e. The molecule has 0 saturated carbocycles. The number of pyridine rings is 1. The van der Waals surface area contributed by atoms with Gasteiger partial charge in [0.15, 0.2) is 0 Å². The Bertz CT molecular complexity index is 1150. The number of nitrogens with one attached hydrogen (secondary N) is 1. The Labute approximate surface area is 147 Å². The van der Waals surface area contributed by atoms with E-state index < -0.39 is 0 Å². The van der Waals surface area contributed by atoms with Gasteiger partial charge in [0.2, 0.25) is 0 Å². The highest BCUT2D eigenvalue weighted by Crippen LogP contribution is 2.41.